The summed E-state index contributed by atoms with van der Waals surface area (Å²) >= 11 is 0. The van der Waals surface area contributed by atoms with Crippen molar-refractivity contribution in [3.05, 3.63) is 43.0 Å². The number of carbonyl (C=O) groups is 2. The SMILES string of the molecule is C=CC(O)OCCCOC(=O)CN(CC(=O)O)c1ccccc1. The Balaban J connectivity index is 2.39. The fraction of sp³-hybridized carbons (Fsp3) is 0.375. The third-order valence-corrected chi connectivity index (χ3v) is 2.81. The first-order chi connectivity index (χ1) is 11.0. The van der Waals surface area contributed by atoms with Gasteiger partial charge in [0.15, 0.2) is 6.29 Å². The van der Waals surface area contributed by atoms with E-state index >= 15 is 0 Å². The van der Waals surface area contributed by atoms with E-state index in [2.05, 4.69) is 6.58 Å². The van der Waals surface area contributed by atoms with Gasteiger partial charge in [-0.25, -0.2) is 0 Å². The number of aliphatic hydroxyl groups is 1. The topological polar surface area (TPSA) is 96.3 Å². The number of ether oxygens (including phenoxy) is 2. The predicted octanol–water partition coefficient (Wildman–Crippen LogP) is 1.03. The molecule has 0 saturated carbocycles. The van der Waals surface area contributed by atoms with E-state index in [1.807, 2.05) is 0 Å². The fourth-order valence-corrected chi connectivity index (χ4v) is 1.76. The van der Waals surface area contributed by atoms with Crippen molar-refractivity contribution in [2.45, 2.75) is 12.7 Å². The molecule has 0 aromatic heterocycles. The minimum Gasteiger partial charge on any atom is -0.480 e. The highest BCUT2D eigenvalue weighted by Gasteiger charge is 2.15. The van der Waals surface area contributed by atoms with Gasteiger partial charge in [-0.1, -0.05) is 24.8 Å². The van der Waals surface area contributed by atoms with Gasteiger partial charge in [0.2, 0.25) is 0 Å². The normalized spacial score (nSPS) is 11.5. The summed E-state index contributed by atoms with van der Waals surface area (Å²) in [5, 5.41) is 18.0. The van der Waals surface area contributed by atoms with Crippen LogP contribution >= 0.6 is 0 Å². The van der Waals surface area contributed by atoms with Crippen molar-refractivity contribution in [1.82, 2.24) is 0 Å². The van der Waals surface area contributed by atoms with Crippen molar-refractivity contribution in [3.8, 4) is 0 Å². The molecule has 1 unspecified atom stereocenters. The van der Waals surface area contributed by atoms with Crippen LogP contribution in [0.4, 0.5) is 5.69 Å². The number of para-hydroxylation sites is 1. The summed E-state index contributed by atoms with van der Waals surface area (Å²) in [5.74, 6) is -1.56. The molecule has 1 aromatic carbocycles. The number of anilines is 1. The summed E-state index contributed by atoms with van der Waals surface area (Å²) in [6.45, 7) is 3.24. The summed E-state index contributed by atoms with van der Waals surface area (Å²) in [7, 11) is 0. The van der Waals surface area contributed by atoms with Gasteiger partial charge in [-0.2, -0.15) is 0 Å². The van der Waals surface area contributed by atoms with Crippen molar-refractivity contribution in [2.75, 3.05) is 31.2 Å². The van der Waals surface area contributed by atoms with Crippen LogP contribution in [-0.4, -0.2) is 54.7 Å². The van der Waals surface area contributed by atoms with Gasteiger partial charge < -0.3 is 24.6 Å². The van der Waals surface area contributed by atoms with Gasteiger partial charge in [-0.05, 0) is 18.2 Å². The first-order valence-electron chi connectivity index (χ1n) is 7.12. The Hall–Kier alpha value is -2.38. The molecular weight excluding hydrogens is 302 g/mol. The molecule has 126 valence electrons. The minimum atomic E-state index is -1.03. The van der Waals surface area contributed by atoms with Crippen LogP contribution in [0.15, 0.2) is 43.0 Å². The number of nitrogens with zero attached hydrogens (tertiary/aromatic N) is 1. The number of carboxylic acids is 1. The molecule has 0 aliphatic carbocycles. The molecular formula is C16H21NO6. The standard InChI is InChI=1S/C16H21NO6/c1-2-15(20)22-9-6-10-23-16(21)12-17(11-14(18)19)13-7-4-3-5-8-13/h2-5,7-8,15,20H,1,6,9-12H2,(H,18,19). The summed E-state index contributed by atoms with van der Waals surface area (Å²) in [6, 6.07) is 8.77. The lowest BCUT2D eigenvalue weighted by Gasteiger charge is -2.21. The van der Waals surface area contributed by atoms with E-state index in [-0.39, 0.29) is 26.3 Å². The molecule has 0 aliphatic rings. The highest BCUT2D eigenvalue weighted by molar-refractivity contribution is 5.80. The fourth-order valence-electron chi connectivity index (χ4n) is 1.76. The van der Waals surface area contributed by atoms with E-state index in [1.165, 1.54) is 11.0 Å². The quantitative estimate of drug-likeness (QED) is 0.272. The Morgan fingerprint density at radius 1 is 1.22 bits per heavy atom. The third-order valence-electron chi connectivity index (χ3n) is 2.81. The maximum atomic E-state index is 11.8. The smallest absolute Gasteiger partial charge is 0.325 e. The minimum absolute atomic E-state index is 0.123. The second-order valence-electron chi connectivity index (χ2n) is 4.66. The van der Waals surface area contributed by atoms with E-state index < -0.39 is 18.2 Å². The number of hydrogen-bond donors (Lipinski definition) is 2. The number of carbonyl (C=O) groups excluding carboxylic acids is 1. The van der Waals surface area contributed by atoms with E-state index in [1.54, 1.807) is 30.3 Å². The molecule has 1 atom stereocenters. The molecule has 0 bridgehead atoms. The highest BCUT2D eigenvalue weighted by atomic mass is 16.6. The Morgan fingerprint density at radius 2 is 1.91 bits per heavy atom. The van der Waals surface area contributed by atoms with E-state index in [9.17, 15) is 9.59 Å². The van der Waals surface area contributed by atoms with Crippen LogP contribution in [0.25, 0.3) is 0 Å². The summed E-state index contributed by atoms with van der Waals surface area (Å²) in [6.07, 6.45) is 0.631. The average molecular weight is 323 g/mol. The first-order valence-corrected chi connectivity index (χ1v) is 7.12. The van der Waals surface area contributed by atoms with Crippen LogP contribution in [0.1, 0.15) is 6.42 Å². The Morgan fingerprint density at radius 3 is 2.52 bits per heavy atom. The second-order valence-corrected chi connectivity index (χ2v) is 4.66. The summed E-state index contributed by atoms with van der Waals surface area (Å²) < 4.78 is 9.96. The lowest BCUT2D eigenvalue weighted by molar-refractivity contribution is -0.143. The molecule has 1 aromatic rings. The highest BCUT2D eigenvalue weighted by Crippen LogP contribution is 2.12. The zero-order valence-electron chi connectivity index (χ0n) is 12.8. The molecule has 0 radical (unpaired) electrons. The summed E-state index contributed by atoms with van der Waals surface area (Å²) in [5.41, 5.74) is 0.629. The Labute approximate surface area is 134 Å². The molecule has 0 amide bonds. The number of carboxylic acid groups (broad SMARTS) is 1. The van der Waals surface area contributed by atoms with E-state index in [0.717, 1.165) is 0 Å². The van der Waals surface area contributed by atoms with Crippen molar-refractivity contribution in [3.63, 3.8) is 0 Å². The molecule has 0 aliphatic heterocycles. The zero-order valence-corrected chi connectivity index (χ0v) is 12.8. The molecule has 0 heterocycles. The van der Waals surface area contributed by atoms with Crippen molar-refractivity contribution in [2.24, 2.45) is 0 Å². The molecule has 0 spiro atoms. The number of rotatable bonds is 11. The van der Waals surface area contributed by atoms with Gasteiger partial charge in [0, 0.05) is 12.1 Å². The number of benzene rings is 1. The van der Waals surface area contributed by atoms with Crippen molar-refractivity contribution in [1.29, 1.82) is 0 Å². The Bertz CT molecular complexity index is 505. The van der Waals surface area contributed by atoms with E-state index in [4.69, 9.17) is 19.7 Å². The van der Waals surface area contributed by atoms with Crippen LogP contribution < -0.4 is 4.90 Å². The van der Waals surface area contributed by atoms with Crippen LogP contribution in [0.2, 0.25) is 0 Å². The Kier molecular flexibility index (Phi) is 8.41. The van der Waals surface area contributed by atoms with Gasteiger partial charge in [0.05, 0.1) is 13.2 Å². The third kappa shape index (κ3) is 7.98. The van der Waals surface area contributed by atoms with Crippen LogP contribution in [0.3, 0.4) is 0 Å². The van der Waals surface area contributed by atoms with Gasteiger partial charge in [-0.15, -0.1) is 0 Å². The molecule has 1 rings (SSSR count). The summed E-state index contributed by atoms with van der Waals surface area (Å²) in [4.78, 5) is 24.1. The molecule has 2 N–H and O–H groups in total. The van der Waals surface area contributed by atoms with Crippen LogP contribution in [0, 0.1) is 0 Å². The van der Waals surface area contributed by atoms with Gasteiger partial charge in [0.1, 0.15) is 13.1 Å². The maximum absolute atomic E-state index is 11.8. The lowest BCUT2D eigenvalue weighted by atomic mass is 10.3. The van der Waals surface area contributed by atoms with Crippen molar-refractivity contribution < 1.29 is 29.3 Å². The molecule has 0 fully saturated rings. The van der Waals surface area contributed by atoms with Gasteiger partial charge in [0.25, 0.3) is 0 Å². The van der Waals surface area contributed by atoms with Crippen LogP contribution in [0.5, 0.6) is 0 Å². The average Bonchev–Trinajstić information content (AvgIpc) is 2.54. The number of aliphatic hydroxyl groups excluding tert-OH is 1. The largest absolute Gasteiger partial charge is 0.480 e. The second kappa shape index (κ2) is 10.4. The van der Waals surface area contributed by atoms with Crippen LogP contribution in [-0.2, 0) is 19.1 Å². The molecule has 7 heteroatoms. The lowest BCUT2D eigenvalue weighted by Crippen LogP contribution is -2.35. The number of esters is 1. The van der Waals surface area contributed by atoms with Gasteiger partial charge >= 0.3 is 11.9 Å². The number of aliphatic carboxylic acids is 1. The molecule has 7 nitrogen and oxygen atoms in total. The predicted molar refractivity (Wildman–Crippen MR) is 84.0 cm³/mol. The monoisotopic (exact) mass is 323 g/mol. The zero-order chi connectivity index (χ0) is 17.1. The van der Waals surface area contributed by atoms with Gasteiger partial charge in [-0.3, -0.25) is 9.59 Å². The first kappa shape index (κ1) is 18.7. The van der Waals surface area contributed by atoms with Crippen molar-refractivity contribution >= 4 is 17.6 Å². The number of hydrogen-bond acceptors (Lipinski definition) is 6. The molecule has 23 heavy (non-hydrogen) atoms. The van der Waals surface area contributed by atoms with E-state index in [0.29, 0.717) is 12.1 Å². The maximum Gasteiger partial charge on any atom is 0.325 e. The molecule has 0 saturated heterocycles.